The minimum Gasteiger partial charge on any atom is -0.486 e. The highest BCUT2D eigenvalue weighted by Crippen LogP contribution is 2.44. The second kappa shape index (κ2) is 7.76. The first-order valence-corrected chi connectivity index (χ1v) is 10.3. The monoisotopic (exact) mass is 397 g/mol. The van der Waals surface area contributed by atoms with Gasteiger partial charge in [0.05, 0.1) is 5.60 Å². The molecule has 0 bridgehead atoms. The third-order valence-electron chi connectivity index (χ3n) is 6.28. The number of ether oxygens (including phenoxy) is 5. The molecule has 2 aromatic carbocycles. The lowest BCUT2D eigenvalue weighted by atomic mass is 9.77. The molecule has 1 aliphatic carbocycles. The van der Waals surface area contributed by atoms with Gasteiger partial charge in [-0.1, -0.05) is 18.2 Å². The van der Waals surface area contributed by atoms with E-state index in [1.54, 1.807) is 0 Å². The number of rotatable bonds is 5. The largest absolute Gasteiger partial charge is 0.486 e. The number of nitrogens with one attached hydrogen (secondary N) is 1. The molecule has 0 spiro atoms. The average Bonchev–Trinajstić information content (AvgIpc) is 3.26. The molecule has 154 valence electrons. The van der Waals surface area contributed by atoms with E-state index in [1.165, 1.54) is 5.56 Å². The van der Waals surface area contributed by atoms with E-state index >= 15 is 0 Å². The van der Waals surface area contributed by atoms with Crippen molar-refractivity contribution in [1.29, 1.82) is 0 Å². The predicted octanol–water partition coefficient (Wildman–Crippen LogP) is 3.63. The predicted molar refractivity (Wildman–Crippen MR) is 108 cm³/mol. The number of fused-ring (bicyclic) bond motifs is 2. The number of methoxy groups -OCH3 is 1. The molecule has 1 N–H and O–H groups in total. The van der Waals surface area contributed by atoms with E-state index < -0.39 is 0 Å². The van der Waals surface area contributed by atoms with Crippen LogP contribution >= 0.6 is 0 Å². The smallest absolute Gasteiger partial charge is 0.231 e. The van der Waals surface area contributed by atoms with Crippen LogP contribution < -0.4 is 24.3 Å². The summed E-state index contributed by atoms with van der Waals surface area (Å²) in [6.45, 7) is 1.65. The van der Waals surface area contributed by atoms with E-state index in [0.717, 1.165) is 55.2 Å². The Balaban J connectivity index is 1.17. The summed E-state index contributed by atoms with van der Waals surface area (Å²) in [6, 6.07) is 14.5. The lowest BCUT2D eigenvalue weighted by Gasteiger charge is -2.40. The molecule has 1 fully saturated rings. The minimum absolute atomic E-state index is 0.0351. The van der Waals surface area contributed by atoms with Gasteiger partial charge in [-0.05, 0) is 55.5 Å². The van der Waals surface area contributed by atoms with Crippen LogP contribution in [0.15, 0.2) is 42.5 Å². The van der Waals surface area contributed by atoms with Gasteiger partial charge in [0.15, 0.2) is 23.0 Å². The Labute approximate surface area is 171 Å². The van der Waals surface area contributed by atoms with Crippen molar-refractivity contribution in [2.24, 2.45) is 0 Å². The zero-order valence-corrected chi connectivity index (χ0v) is 16.7. The fourth-order valence-electron chi connectivity index (χ4n) is 4.54. The van der Waals surface area contributed by atoms with Crippen LogP contribution in [0.1, 0.15) is 31.2 Å². The van der Waals surface area contributed by atoms with Gasteiger partial charge in [-0.25, -0.2) is 0 Å². The summed E-state index contributed by atoms with van der Waals surface area (Å²) >= 11 is 0. The Hall–Kier alpha value is -2.44. The number of hydrogen-bond acceptors (Lipinski definition) is 6. The molecule has 6 nitrogen and oxygen atoms in total. The van der Waals surface area contributed by atoms with Crippen LogP contribution in [0.25, 0.3) is 0 Å². The van der Waals surface area contributed by atoms with E-state index in [1.807, 2.05) is 37.4 Å². The van der Waals surface area contributed by atoms with E-state index in [0.29, 0.717) is 19.4 Å². The molecule has 3 aliphatic rings. The van der Waals surface area contributed by atoms with Gasteiger partial charge in [0.1, 0.15) is 12.7 Å². The van der Waals surface area contributed by atoms with Gasteiger partial charge in [-0.15, -0.1) is 0 Å². The van der Waals surface area contributed by atoms with Gasteiger partial charge in [0.25, 0.3) is 0 Å². The summed E-state index contributed by atoms with van der Waals surface area (Å²) in [7, 11) is 1.81. The lowest BCUT2D eigenvalue weighted by Crippen LogP contribution is -2.46. The van der Waals surface area contributed by atoms with Gasteiger partial charge >= 0.3 is 0 Å². The standard InChI is InChI=1S/C23H27NO5/c1-25-23(16-6-7-20-22(12-16)28-15-27-20)10-8-17(9-11-23)24-13-18-14-26-19-4-2-3-5-21(19)29-18/h2-7,12,17-18,24H,8-11,13-15H2,1H3. The lowest BCUT2D eigenvalue weighted by molar-refractivity contribution is -0.0508. The minimum atomic E-state index is -0.261. The van der Waals surface area contributed by atoms with Gasteiger partial charge in [0.2, 0.25) is 6.79 Å². The van der Waals surface area contributed by atoms with Crippen molar-refractivity contribution in [2.75, 3.05) is 27.1 Å². The summed E-state index contributed by atoms with van der Waals surface area (Å²) in [5, 5.41) is 3.67. The normalized spacial score (nSPS) is 27.6. The Morgan fingerprint density at radius 1 is 0.966 bits per heavy atom. The van der Waals surface area contributed by atoms with Gasteiger partial charge in [-0.2, -0.15) is 0 Å². The highest BCUT2D eigenvalue weighted by molar-refractivity contribution is 5.46. The first kappa shape index (κ1) is 18.6. The van der Waals surface area contributed by atoms with Crippen molar-refractivity contribution >= 4 is 0 Å². The second-order valence-electron chi connectivity index (χ2n) is 7.95. The molecule has 1 atom stereocenters. The van der Waals surface area contributed by atoms with Gasteiger partial charge in [-0.3, -0.25) is 0 Å². The number of para-hydroxylation sites is 2. The maximum absolute atomic E-state index is 6.06. The molecule has 29 heavy (non-hydrogen) atoms. The van der Waals surface area contributed by atoms with Crippen LogP contribution in [-0.4, -0.2) is 39.2 Å². The number of benzene rings is 2. The molecule has 2 aromatic rings. The van der Waals surface area contributed by atoms with Gasteiger partial charge < -0.3 is 29.0 Å². The Morgan fingerprint density at radius 2 is 1.72 bits per heavy atom. The van der Waals surface area contributed by atoms with Crippen molar-refractivity contribution in [1.82, 2.24) is 5.32 Å². The maximum atomic E-state index is 6.06. The second-order valence-corrected chi connectivity index (χ2v) is 7.95. The Kier molecular flexibility index (Phi) is 4.97. The SMILES string of the molecule is COC1(c2ccc3c(c2)OCO3)CCC(NCC2COc3ccccc3O2)CC1. The highest BCUT2D eigenvalue weighted by atomic mass is 16.7. The summed E-state index contributed by atoms with van der Waals surface area (Å²) < 4.78 is 28.9. The molecule has 1 saturated carbocycles. The molecule has 2 aliphatic heterocycles. The quantitative estimate of drug-likeness (QED) is 0.832. The summed E-state index contributed by atoms with van der Waals surface area (Å²) in [5.74, 6) is 3.28. The topological polar surface area (TPSA) is 58.2 Å². The average molecular weight is 397 g/mol. The fraction of sp³-hybridized carbons (Fsp3) is 0.478. The van der Waals surface area contributed by atoms with Crippen LogP contribution in [0.2, 0.25) is 0 Å². The molecule has 0 saturated heterocycles. The first-order valence-electron chi connectivity index (χ1n) is 10.3. The van der Waals surface area contributed by atoms with Crippen molar-refractivity contribution in [3.8, 4) is 23.0 Å². The van der Waals surface area contributed by atoms with E-state index in [4.69, 9.17) is 23.7 Å². The van der Waals surface area contributed by atoms with E-state index in [2.05, 4.69) is 17.4 Å². The maximum Gasteiger partial charge on any atom is 0.231 e. The van der Waals surface area contributed by atoms with Crippen LogP contribution in [0.4, 0.5) is 0 Å². The van der Waals surface area contributed by atoms with E-state index in [9.17, 15) is 0 Å². The third-order valence-corrected chi connectivity index (χ3v) is 6.28. The third kappa shape index (κ3) is 3.63. The zero-order valence-electron chi connectivity index (χ0n) is 16.7. The first-order chi connectivity index (χ1) is 14.3. The zero-order chi connectivity index (χ0) is 19.7. The van der Waals surface area contributed by atoms with Crippen molar-refractivity contribution in [3.05, 3.63) is 48.0 Å². The molecule has 0 aromatic heterocycles. The van der Waals surface area contributed by atoms with E-state index in [-0.39, 0.29) is 11.7 Å². The Bertz CT molecular complexity index is 862. The molecule has 6 heteroatoms. The number of hydrogen-bond donors (Lipinski definition) is 1. The molecule has 5 rings (SSSR count). The highest BCUT2D eigenvalue weighted by Gasteiger charge is 2.38. The summed E-state index contributed by atoms with van der Waals surface area (Å²) in [6.07, 6.45) is 4.06. The molecule has 0 amide bonds. The van der Waals surface area contributed by atoms with Crippen molar-refractivity contribution in [3.63, 3.8) is 0 Å². The van der Waals surface area contributed by atoms with Crippen molar-refractivity contribution < 1.29 is 23.7 Å². The molecule has 2 heterocycles. The van der Waals surface area contributed by atoms with Crippen LogP contribution in [-0.2, 0) is 10.3 Å². The Morgan fingerprint density at radius 3 is 2.55 bits per heavy atom. The van der Waals surface area contributed by atoms with Crippen LogP contribution in [0.3, 0.4) is 0 Å². The molecule has 1 unspecified atom stereocenters. The molecule has 0 radical (unpaired) electrons. The summed E-state index contributed by atoms with van der Waals surface area (Å²) in [4.78, 5) is 0. The van der Waals surface area contributed by atoms with Crippen LogP contribution in [0.5, 0.6) is 23.0 Å². The van der Waals surface area contributed by atoms with Gasteiger partial charge in [0, 0.05) is 19.7 Å². The summed E-state index contributed by atoms with van der Waals surface area (Å²) in [5.41, 5.74) is 0.908. The fourth-order valence-corrected chi connectivity index (χ4v) is 4.54. The molecular weight excluding hydrogens is 370 g/mol. The van der Waals surface area contributed by atoms with Crippen molar-refractivity contribution in [2.45, 2.75) is 43.4 Å². The van der Waals surface area contributed by atoms with Crippen LogP contribution in [0, 0.1) is 0 Å². The molecular formula is C23H27NO5.